The van der Waals surface area contributed by atoms with Gasteiger partial charge in [0.2, 0.25) is 11.7 Å². The van der Waals surface area contributed by atoms with Crippen LogP contribution in [0, 0.1) is 13.8 Å². The van der Waals surface area contributed by atoms with E-state index in [2.05, 4.69) is 15.5 Å². The molecular formula is C15H19N3O2. The number of aromatic hydroxyl groups is 1. The van der Waals surface area contributed by atoms with Gasteiger partial charge in [0.1, 0.15) is 5.75 Å². The van der Waals surface area contributed by atoms with Crippen LogP contribution in [0.4, 0.5) is 0 Å². The predicted molar refractivity (Wildman–Crippen MR) is 75.5 cm³/mol. The van der Waals surface area contributed by atoms with E-state index in [0.29, 0.717) is 17.5 Å². The number of aryl methyl sites for hydroxylation is 2. The van der Waals surface area contributed by atoms with Gasteiger partial charge in [-0.3, -0.25) is 0 Å². The molecule has 0 amide bonds. The second-order valence-corrected chi connectivity index (χ2v) is 5.42. The van der Waals surface area contributed by atoms with E-state index in [9.17, 15) is 5.11 Å². The lowest BCUT2D eigenvalue weighted by Gasteiger charge is -2.19. The first-order valence-corrected chi connectivity index (χ1v) is 7.02. The zero-order valence-electron chi connectivity index (χ0n) is 11.8. The van der Waals surface area contributed by atoms with E-state index in [4.69, 9.17) is 4.52 Å². The molecule has 2 N–H and O–H groups in total. The maximum absolute atomic E-state index is 9.81. The van der Waals surface area contributed by atoms with Gasteiger partial charge in [0.05, 0.1) is 6.04 Å². The van der Waals surface area contributed by atoms with Crippen LogP contribution in [-0.4, -0.2) is 21.8 Å². The second kappa shape index (κ2) is 5.25. The molecule has 106 valence electrons. The molecule has 1 aliphatic heterocycles. The highest BCUT2D eigenvalue weighted by atomic mass is 16.5. The van der Waals surface area contributed by atoms with E-state index in [-0.39, 0.29) is 6.04 Å². The largest absolute Gasteiger partial charge is 0.507 e. The standard InChI is InChI=1S/C15H19N3O2/c1-9-7-11(8-10(2)13(9)19)14-17-15(20-18-14)12-5-3-4-6-16-12/h7-8,12,16,19H,3-6H2,1-2H3/t12-/m0/s1. The summed E-state index contributed by atoms with van der Waals surface area (Å²) in [6.45, 7) is 4.74. The van der Waals surface area contributed by atoms with Gasteiger partial charge in [0.15, 0.2) is 0 Å². The SMILES string of the molecule is Cc1cc(-c2noc([C@@H]3CCCCN3)n2)cc(C)c1O. The quantitative estimate of drug-likeness (QED) is 0.880. The van der Waals surface area contributed by atoms with Crippen molar-refractivity contribution in [2.75, 3.05) is 6.54 Å². The lowest BCUT2D eigenvalue weighted by atomic mass is 10.0. The summed E-state index contributed by atoms with van der Waals surface area (Å²) in [5.41, 5.74) is 2.52. The summed E-state index contributed by atoms with van der Waals surface area (Å²) in [5.74, 6) is 1.56. The Hall–Kier alpha value is -1.88. The molecule has 0 radical (unpaired) electrons. The van der Waals surface area contributed by atoms with Crippen LogP contribution in [0.5, 0.6) is 5.75 Å². The van der Waals surface area contributed by atoms with Gasteiger partial charge in [-0.1, -0.05) is 11.6 Å². The molecule has 1 fully saturated rings. The monoisotopic (exact) mass is 273 g/mol. The molecule has 5 nitrogen and oxygen atoms in total. The van der Waals surface area contributed by atoms with Crippen LogP contribution in [-0.2, 0) is 0 Å². The summed E-state index contributed by atoms with van der Waals surface area (Å²) >= 11 is 0. The zero-order valence-corrected chi connectivity index (χ0v) is 11.8. The Balaban J connectivity index is 1.89. The minimum absolute atomic E-state index is 0.171. The number of hydrogen-bond acceptors (Lipinski definition) is 5. The number of nitrogens with zero attached hydrogens (tertiary/aromatic N) is 2. The summed E-state index contributed by atoms with van der Waals surface area (Å²) in [7, 11) is 0. The third kappa shape index (κ3) is 2.41. The second-order valence-electron chi connectivity index (χ2n) is 5.42. The van der Waals surface area contributed by atoms with Crippen LogP contribution in [0.1, 0.15) is 42.3 Å². The van der Waals surface area contributed by atoms with Gasteiger partial charge in [-0.2, -0.15) is 4.98 Å². The lowest BCUT2D eigenvalue weighted by Crippen LogP contribution is -2.26. The summed E-state index contributed by atoms with van der Waals surface area (Å²) < 4.78 is 5.38. The van der Waals surface area contributed by atoms with Gasteiger partial charge in [-0.05, 0) is 56.5 Å². The molecular weight excluding hydrogens is 254 g/mol. The fourth-order valence-corrected chi connectivity index (χ4v) is 2.64. The lowest BCUT2D eigenvalue weighted by molar-refractivity contribution is 0.297. The van der Waals surface area contributed by atoms with Crippen LogP contribution < -0.4 is 5.32 Å². The Morgan fingerprint density at radius 1 is 1.25 bits per heavy atom. The molecule has 0 unspecified atom stereocenters. The molecule has 20 heavy (non-hydrogen) atoms. The van der Waals surface area contributed by atoms with Gasteiger partial charge in [-0.25, -0.2) is 0 Å². The van der Waals surface area contributed by atoms with Crippen LogP contribution in [0.15, 0.2) is 16.7 Å². The average Bonchev–Trinajstić information content (AvgIpc) is 2.95. The summed E-state index contributed by atoms with van der Waals surface area (Å²) in [4.78, 5) is 4.49. The van der Waals surface area contributed by atoms with Crippen LogP contribution in [0.3, 0.4) is 0 Å². The Bertz CT molecular complexity index is 592. The minimum Gasteiger partial charge on any atom is -0.507 e. The maximum atomic E-state index is 9.81. The first-order chi connectivity index (χ1) is 9.65. The Kier molecular flexibility index (Phi) is 3.44. The van der Waals surface area contributed by atoms with Crippen molar-refractivity contribution in [1.29, 1.82) is 0 Å². The number of phenols is 1. The van der Waals surface area contributed by atoms with E-state index in [1.807, 2.05) is 26.0 Å². The number of piperidine rings is 1. The molecule has 2 heterocycles. The van der Waals surface area contributed by atoms with Gasteiger partial charge >= 0.3 is 0 Å². The molecule has 0 aliphatic carbocycles. The summed E-state index contributed by atoms with van der Waals surface area (Å²) in [5, 5.41) is 17.3. The van der Waals surface area contributed by atoms with E-state index in [0.717, 1.165) is 29.7 Å². The maximum Gasteiger partial charge on any atom is 0.244 e. The fourth-order valence-electron chi connectivity index (χ4n) is 2.64. The number of rotatable bonds is 2. The third-order valence-corrected chi connectivity index (χ3v) is 3.80. The number of benzene rings is 1. The number of hydrogen-bond donors (Lipinski definition) is 2. The molecule has 3 rings (SSSR count). The number of phenolic OH excluding ortho intramolecular Hbond substituents is 1. The van der Waals surface area contributed by atoms with Crippen molar-refractivity contribution in [2.45, 2.75) is 39.2 Å². The van der Waals surface area contributed by atoms with E-state index >= 15 is 0 Å². The van der Waals surface area contributed by atoms with Gasteiger partial charge in [0, 0.05) is 5.56 Å². The fraction of sp³-hybridized carbons (Fsp3) is 0.467. The molecule has 5 heteroatoms. The Morgan fingerprint density at radius 2 is 2.00 bits per heavy atom. The normalized spacial score (nSPS) is 19.2. The molecule has 2 aromatic rings. The highest BCUT2D eigenvalue weighted by Gasteiger charge is 2.21. The van der Waals surface area contributed by atoms with Crippen molar-refractivity contribution in [3.63, 3.8) is 0 Å². The highest BCUT2D eigenvalue weighted by molar-refractivity contribution is 5.60. The molecule has 0 spiro atoms. The van der Waals surface area contributed by atoms with Crippen molar-refractivity contribution in [2.24, 2.45) is 0 Å². The highest BCUT2D eigenvalue weighted by Crippen LogP contribution is 2.29. The van der Waals surface area contributed by atoms with Crippen molar-refractivity contribution >= 4 is 0 Å². The third-order valence-electron chi connectivity index (χ3n) is 3.80. The van der Waals surface area contributed by atoms with Crippen LogP contribution >= 0.6 is 0 Å². The number of aromatic nitrogens is 2. The first kappa shape index (κ1) is 13.1. The van der Waals surface area contributed by atoms with E-state index < -0.39 is 0 Å². The molecule has 0 bridgehead atoms. The van der Waals surface area contributed by atoms with Crippen molar-refractivity contribution in [3.05, 3.63) is 29.2 Å². The van der Waals surface area contributed by atoms with Crippen LogP contribution in [0.25, 0.3) is 11.4 Å². The molecule has 1 saturated heterocycles. The molecule has 1 aromatic carbocycles. The predicted octanol–water partition coefficient (Wildman–Crippen LogP) is 2.87. The number of nitrogens with one attached hydrogen (secondary N) is 1. The summed E-state index contributed by atoms with van der Waals surface area (Å²) in [6.07, 6.45) is 3.43. The van der Waals surface area contributed by atoms with Gasteiger partial charge < -0.3 is 14.9 Å². The molecule has 1 aliphatic rings. The van der Waals surface area contributed by atoms with E-state index in [1.165, 1.54) is 12.8 Å². The smallest absolute Gasteiger partial charge is 0.244 e. The average molecular weight is 273 g/mol. The van der Waals surface area contributed by atoms with Gasteiger partial charge in [0.25, 0.3) is 0 Å². The van der Waals surface area contributed by atoms with Crippen molar-refractivity contribution in [1.82, 2.24) is 15.5 Å². The Morgan fingerprint density at radius 3 is 2.65 bits per heavy atom. The molecule has 1 aromatic heterocycles. The molecule has 0 saturated carbocycles. The topological polar surface area (TPSA) is 71.2 Å². The zero-order chi connectivity index (χ0) is 14.1. The molecule has 1 atom stereocenters. The van der Waals surface area contributed by atoms with Gasteiger partial charge in [-0.15, -0.1) is 0 Å². The van der Waals surface area contributed by atoms with Crippen molar-refractivity contribution < 1.29 is 9.63 Å². The van der Waals surface area contributed by atoms with Crippen LogP contribution in [0.2, 0.25) is 0 Å². The van der Waals surface area contributed by atoms with E-state index in [1.54, 1.807) is 0 Å². The summed E-state index contributed by atoms with van der Waals surface area (Å²) in [6, 6.07) is 3.93. The van der Waals surface area contributed by atoms with Crippen molar-refractivity contribution in [3.8, 4) is 17.1 Å². The first-order valence-electron chi connectivity index (χ1n) is 7.02. The minimum atomic E-state index is 0.171. The Labute approximate surface area is 118 Å².